The number of halogens is 4. The molecule has 15 heavy (non-hydrogen) atoms. The average molecular weight is 257 g/mol. The summed E-state index contributed by atoms with van der Waals surface area (Å²) in [6, 6.07) is -0.178. The maximum atomic E-state index is 13.2. The van der Waals surface area contributed by atoms with Gasteiger partial charge >= 0.3 is 0 Å². The maximum Gasteiger partial charge on any atom is 0.149 e. The molecular weight excluding hydrogens is 245 g/mol. The Balaban J connectivity index is 0.000000980. The SMILES string of the molecule is Cl.Cl.Fc1cncc(F)c1C1CCCN1. The second-order valence-electron chi connectivity index (χ2n) is 3.17. The Labute approximate surface area is 99.3 Å². The van der Waals surface area contributed by atoms with Crippen LogP contribution in [0.15, 0.2) is 12.4 Å². The molecule has 1 aliphatic heterocycles. The van der Waals surface area contributed by atoms with Crippen LogP contribution in [0.3, 0.4) is 0 Å². The molecule has 1 unspecified atom stereocenters. The molecule has 1 atom stereocenters. The van der Waals surface area contributed by atoms with Crippen LogP contribution in [0, 0.1) is 11.6 Å². The van der Waals surface area contributed by atoms with Crippen molar-refractivity contribution in [3.8, 4) is 0 Å². The fourth-order valence-electron chi connectivity index (χ4n) is 1.69. The van der Waals surface area contributed by atoms with Crippen molar-refractivity contribution in [2.45, 2.75) is 18.9 Å². The molecule has 6 heteroatoms. The van der Waals surface area contributed by atoms with Crippen molar-refractivity contribution in [1.29, 1.82) is 0 Å². The fourth-order valence-corrected chi connectivity index (χ4v) is 1.69. The highest BCUT2D eigenvalue weighted by atomic mass is 35.5. The van der Waals surface area contributed by atoms with Crippen LogP contribution in [-0.4, -0.2) is 11.5 Å². The molecule has 0 aliphatic carbocycles. The first-order valence-corrected chi connectivity index (χ1v) is 4.31. The first-order chi connectivity index (χ1) is 6.29. The van der Waals surface area contributed by atoms with E-state index in [1.54, 1.807) is 0 Å². The minimum absolute atomic E-state index is 0. The summed E-state index contributed by atoms with van der Waals surface area (Å²) in [6.45, 7) is 0.825. The molecule has 0 amide bonds. The van der Waals surface area contributed by atoms with Crippen molar-refractivity contribution in [3.63, 3.8) is 0 Å². The van der Waals surface area contributed by atoms with Gasteiger partial charge in [0.2, 0.25) is 0 Å². The van der Waals surface area contributed by atoms with E-state index in [1.807, 2.05) is 0 Å². The third-order valence-corrected chi connectivity index (χ3v) is 2.30. The van der Waals surface area contributed by atoms with Gasteiger partial charge < -0.3 is 5.32 Å². The number of nitrogens with zero attached hydrogens (tertiary/aromatic N) is 1. The number of aromatic nitrogens is 1. The topological polar surface area (TPSA) is 24.9 Å². The lowest BCUT2D eigenvalue weighted by atomic mass is 10.1. The summed E-state index contributed by atoms with van der Waals surface area (Å²) in [4.78, 5) is 3.44. The molecule has 2 nitrogen and oxygen atoms in total. The molecule has 0 aromatic carbocycles. The zero-order valence-corrected chi connectivity index (χ0v) is 9.51. The van der Waals surface area contributed by atoms with Crippen molar-refractivity contribution in [2.24, 2.45) is 0 Å². The van der Waals surface area contributed by atoms with Gasteiger partial charge in [-0.25, -0.2) is 8.78 Å². The maximum absolute atomic E-state index is 13.2. The van der Waals surface area contributed by atoms with E-state index in [9.17, 15) is 8.78 Å². The van der Waals surface area contributed by atoms with E-state index in [-0.39, 0.29) is 36.4 Å². The second kappa shape index (κ2) is 6.20. The van der Waals surface area contributed by atoms with E-state index < -0.39 is 11.6 Å². The number of hydrogen-bond acceptors (Lipinski definition) is 2. The highest BCUT2D eigenvalue weighted by Gasteiger charge is 2.22. The van der Waals surface area contributed by atoms with E-state index in [2.05, 4.69) is 10.3 Å². The average Bonchev–Trinajstić information content (AvgIpc) is 2.57. The van der Waals surface area contributed by atoms with Crippen LogP contribution in [0.25, 0.3) is 0 Å². The second-order valence-corrected chi connectivity index (χ2v) is 3.17. The number of hydrogen-bond donors (Lipinski definition) is 1. The molecule has 0 bridgehead atoms. The van der Waals surface area contributed by atoms with E-state index in [1.165, 1.54) is 0 Å². The lowest BCUT2D eigenvalue weighted by Crippen LogP contribution is -2.16. The lowest BCUT2D eigenvalue weighted by molar-refractivity contribution is 0.500. The zero-order valence-electron chi connectivity index (χ0n) is 7.87. The smallest absolute Gasteiger partial charge is 0.149 e. The molecule has 1 aromatic rings. The third kappa shape index (κ3) is 3.00. The molecule has 1 fully saturated rings. The molecule has 2 heterocycles. The predicted octanol–water partition coefficient (Wildman–Crippen LogP) is 2.63. The summed E-state index contributed by atoms with van der Waals surface area (Å²) in [5, 5.41) is 3.05. The van der Waals surface area contributed by atoms with Gasteiger partial charge in [-0.3, -0.25) is 4.98 Å². The molecule has 1 saturated heterocycles. The molecule has 0 radical (unpaired) electrons. The van der Waals surface area contributed by atoms with Crippen LogP contribution in [0.1, 0.15) is 24.4 Å². The summed E-state index contributed by atoms with van der Waals surface area (Å²) in [5.41, 5.74) is 0.132. The first-order valence-electron chi connectivity index (χ1n) is 4.31. The van der Waals surface area contributed by atoms with Crippen LogP contribution in [0.4, 0.5) is 8.78 Å². The van der Waals surface area contributed by atoms with Crippen LogP contribution in [0.5, 0.6) is 0 Å². The third-order valence-electron chi connectivity index (χ3n) is 2.30. The van der Waals surface area contributed by atoms with Crippen LogP contribution in [0.2, 0.25) is 0 Å². The van der Waals surface area contributed by atoms with Gasteiger partial charge in [0.05, 0.1) is 12.4 Å². The number of nitrogens with one attached hydrogen (secondary N) is 1. The summed E-state index contributed by atoms with van der Waals surface area (Å²) in [7, 11) is 0. The molecule has 0 spiro atoms. The van der Waals surface area contributed by atoms with Crippen molar-refractivity contribution in [3.05, 3.63) is 29.6 Å². The monoisotopic (exact) mass is 256 g/mol. The Hall–Kier alpha value is -0.450. The van der Waals surface area contributed by atoms with Gasteiger partial charge in [-0.2, -0.15) is 0 Å². The van der Waals surface area contributed by atoms with Crippen molar-refractivity contribution in [1.82, 2.24) is 10.3 Å². The van der Waals surface area contributed by atoms with E-state index in [0.717, 1.165) is 31.8 Å². The Morgan fingerprint density at radius 2 is 1.80 bits per heavy atom. The molecule has 0 saturated carbocycles. The normalized spacial score (nSPS) is 19.2. The number of rotatable bonds is 1. The predicted molar refractivity (Wildman–Crippen MR) is 58.6 cm³/mol. The zero-order chi connectivity index (χ0) is 9.26. The molecule has 2 rings (SSSR count). The summed E-state index contributed by atoms with van der Waals surface area (Å²) < 4.78 is 26.3. The highest BCUT2D eigenvalue weighted by Crippen LogP contribution is 2.26. The highest BCUT2D eigenvalue weighted by molar-refractivity contribution is 5.85. The van der Waals surface area contributed by atoms with Crippen molar-refractivity contribution in [2.75, 3.05) is 6.54 Å². The summed E-state index contributed by atoms with van der Waals surface area (Å²) in [6.07, 6.45) is 3.86. The Bertz CT molecular complexity index is 297. The van der Waals surface area contributed by atoms with E-state index >= 15 is 0 Å². The fraction of sp³-hybridized carbons (Fsp3) is 0.444. The standard InChI is InChI=1S/C9H10F2N2.2ClH/c10-6-4-12-5-7(11)9(6)8-2-1-3-13-8;;/h4-5,8,13H,1-3H2;2*1H. The van der Waals surface area contributed by atoms with Crippen molar-refractivity contribution >= 4 is 24.8 Å². The first kappa shape index (κ1) is 14.6. The number of pyridine rings is 1. The Morgan fingerprint density at radius 3 is 2.27 bits per heavy atom. The van der Waals surface area contributed by atoms with Gasteiger partial charge in [-0.15, -0.1) is 24.8 Å². The Kier molecular flexibility index (Phi) is 6.02. The molecule has 1 N–H and O–H groups in total. The summed E-state index contributed by atoms with van der Waals surface area (Å²) >= 11 is 0. The lowest BCUT2D eigenvalue weighted by Gasteiger charge is -2.11. The molecule has 1 aliphatic rings. The van der Waals surface area contributed by atoms with Gasteiger partial charge in [0.25, 0.3) is 0 Å². The minimum Gasteiger partial charge on any atom is -0.310 e. The molecule has 86 valence electrons. The van der Waals surface area contributed by atoms with Gasteiger partial charge in [-0.05, 0) is 19.4 Å². The van der Waals surface area contributed by atoms with Gasteiger partial charge in [0, 0.05) is 11.6 Å². The van der Waals surface area contributed by atoms with Crippen molar-refractivity contribution < 1.29 is 8.78 Å². The molecular formula is C9H12Cl2F2N2. The van der Waals surface area contributed by atoms with Crippen LogP contribution >= 0.6 is 24.8 Å². The van der Waals surface area contributed by atoms with Gasteiger partial charge in [0.15, 0.2) is 0 Å². The quantitative estimate of drug-likeness (QED) is 0.836. The summed E-state index contributed by atoms with van der Waals surface area (Å²) in [5.74, 6) is -1.11. The van der Waals surface area contributed by atoms with Gasteiger partial charge in [0.1, 0.15) is 11.6 Å². The largest absolute Gasteiger partial charge is 0.310 e. The minimum atomic E-state index is -0.556. The molecule has 1 aromatic heterocycles. The van der Waals surface area contributed by atoms with Gasteiger partial charge in [-0.1, -0.05) is 0 Å². The van der Waals surface area contributed by atoms with E-state index in [4.69, 9.17) is 0 Å². The van der Waals surface area contributed by atoms with E-state index in [0.29, 0.717) is 0 Å². The Morgan fingerprint density at radius 1 is 1.20 bits per heavy atom. The van der Waals surface area contributed by atoms with Crippen LogP contribution < -0.4 is 5.32 Å². The van der Waals surface area contributed by atoms with Crippen LogP contribution in [-0.2, 0) is 0 Å².